The SMILES string of the molecule is CCOC(=O)C(C#N)[C@H]1C=CC(OC)=C[C@H]1C.N#[O+].[C-]#[O+].[C-]#[O+].[Mn]. The zero-order valence-electron chi connectivity index (χ0n) is 13.4. The van der Waals surface area contributed by atoms with E-state index >= 15 is 0 Å². The molecule has 0 spiro atoms. The van der Waals surface area contributed by atoms with Gasteiger partial charge in [-0.25, -0.2) is 0 Å². The summed E-state index contributed by atoms with van der Waals surface area (Å²) in [5.41, 5.74) is 5.75. The van der Waals surface area contributed by atoms with E-state index in [2.05, 4.69) is 13.3 Å². The van der Waals surface area contributed by atoms with Crippen LogP contribution in [-0.4, -0.2) is 19.7 Å². The molecule has 1 aliphatic rings. The monoisotopic (exact) mass is 376 g/mol. The summed E-state index contributed by atoms with van der Waals surface area (Å²) in [7, 11) is 1.59. The van der Waals surface area contributed by atoms with Gasteiger partial charge >= 0.3 is 38.8 Å². The van der Waals surface area contributed by atoms with E-state index in [9.17, 15) is 4.79 Å². The minimum atomic E-state index is -0.754. The molecule has 1 unspecified atom stereocenters. The van der Waals surface area contributed by atoms with Gasteiger partial charge in [-0.1, -0.05) is 13.0 Å². The van der Waals surface area contributed by atoms with Crippen LogP contribution in [0, 0.1) is 47.8 Å². The average molecular weight is 376 g/mol. The molecule has 0 aliphatic heterocycles. The second kappa shape index (κ2) is 20.9. The van der Waals surface area contributed by atoms with Crippen LogP contribution in [0.2, 0.25) is 0 Å². The number of nitriles is 1. The number of hydrogen-bond donors (Lipinski definition) is 0. The predicted molar refractivity (Wildman–Crippen MR) is 72.9 cm³/mol. The molecule has 1 radical (unpaired) electrons. The Kier molecular flexibility index (Phi) is 26.0. The molecule has 9 heteroatoms. The van der Waals surface area contributed by atoms with Gasteiger partial charge in [0.1, 0.15) is 5.76 Å². The number of carbonyl (C=O) groups is 1. The molecule has 8 nitrogen and oxygen atoms in total. The summed E-state index contributed by atoms with van der Waals surface area (Å²) in [4.78, 5) is 11.6. The van der Waals surface area contributed by atoms with E-state index in [0.29, 0.717) is 6.61 Å². The molecule has 0 bridgehead atoms. The van der Waals surface area contributed by atoms with Crippen LogP contribution < -0.4 is 0 Å². The van der Waals surface area contributed by atoms with Gasteiger partial charge in [-0.15, -0.1) is 0 Å². The first-order chi connectivity index (χ1) is 11.1. The number of carbonyl (C=O) groups excluding carboxylic acids is 1. The second-order valence-corrected chi connectivity index (χ2v) is 3.93. The Labute approximate surface area is 151 Å². The van der Waals surface area contributed by atoms with Gasteiger partial charge in [-0.05, 0) is 25.0 Å². The molecule has 0 aromatic heterocycles. The third-order valence-corrected chi connectivity index (χ3v) is 2.82. The van der Waals surface area contributed by atoms with Crippen LogP contribution in [0.1, 0.15) is 13.8 Å². The van der Waals surface area contributed by atoms with Crippen LogP contribution in [0.25, 0.3) is 0 Å². The van der Waals surface area contributed by atoms with Crippen LogP contribution in [0.5, 0.6) is 0 Å². The Morgan fingerprint density at radius 1 is 1.38 bits per heavy atom. The van der Waals surface area contributed by atoms with E-state index in [1.807, 2.05) is 25.1 Å². The third kappa shape index (κ3) is 10.6. The summed E-state index contributed by atoms with van der Waals surface area (Å²) in [6.45, 7) is 13.0. The molecule has 0 saturated heterocycles. The molecule has 0 aromatic carbocycles. The van der Waals surface area contributed by atoms with Gasteiger partial charge in [0, 0.05) is 23.0 Å². The molecule has 24 heavy (non-hydrogen) atoms. The molecule has 1 aliphatic carbocycles. The van der Waals surface area contributed by atoms with Gasteiger partial charge in [0.05, 0.1) is 19.8 Å². The molecule has 0 fully saturated rings. The van der Waals surface area contributed by atoms with Crippen LogP contribution in [0.3, 0.4) is 0 Å². The van der Waals surface area contributed by atoms with Crippen LogP contribution >= 0.6 is 0 Å². The molecule has 1 rings (SSSR count). The summed E-state index contributed by atoms with van der Waals surface area (Å²) < 4.78 is 32.3. The van der Waals surface area contributed by atoms with Crippen molar-refractivity contribution in [1.29, 1.82) is 10.7 Å². The molecular formula is C15H17MnN2O6+. The average Bonchev–Trinajstić information content (AvgIpc) is 2.62. The molecular weight excluding hydrogens is 359 g/mol. The van der Waals surface area contributed by atoms with Gasteiger partial charge < -0.3 is 9.47 Å². The predicted octanol–water partition coefficient (Wildman–Crippen LogP) is 1.86. The molecule has 0 saturated carbocycles. The molecule has 129 valence electrons. The fourth-order valence-corrected chi connectivity index (χ4v) is 1.89. The van der Waals surface area contributed by atoms with Crippen molar-refractivity contribution in [3.05, 3.63) is 37.3 Å². The molecule has 0 N–H and O–H groups in total. The maximum atomic E-state index is 11.6. The Bertz CT molecular complexity index is 490. The largest absolute Gasteiger partial charge is 0 e. The van der Waals surface area contributed by atoms with Gasteiger partial charge in [-0.2, -0.15) is 5.26 Å². The smallest absolute Gasteiger partial charge is 0 e. The standard InChI is InChI=1S/C13H17NO3.2CO.Mn.NO/c1-4-17-13(15)12(8-14)11-6-5-10(16-3)7-9(11)2;2*1-2;;1-2/h5-7,9,11-12H,4H2,1-3H3;;;;/q;;;;+1/t9-,11+,12?;;;;/m1..../s1. The number of esters is 1. The van der Waals surface area contributed by atoms with Crippen molar-refractivity contribution in [1.82, 2.24) is 0 Å². The number of ether oxygens (including phenoxy) is 2. The first-order valence-electron chi connectivity index (χ1n) is 6.23. The minimum Gasteiger partial charge on any atom is 0 e. The summed E-state index contributed by atoms with van der Waals surface area (Å²) >= 11 is 0. The molecule has 3 atom stereocenters. The fraction of sp³-hybridized carbons (Fsp3) is 0.467. The summed E-state index contributed by atoms with van der Waals surface area (Å²) in [5, 5.41) is 9.08. The van der Waals surface area contributed by atoms with Gasteiger partial charge in [0.25, 0.3) is 0 Å². The van der Waals surface area contributed by atoms with Crippen molar-refractivity contribution in [3.8, 4) is 6.07 Å². The molecule has 0 aromatic rings. The topological polar surface area (TPSA) is 143 Å². The Morgan fingerprint density at radius 3 is 2.21 bits per heavy atom. The van der Waals surface area contributed by atoms with Gasteiger partial charge in [0.15, 0.2) is 5.92 Å². The van der Waals surface area contributed by atoms with E-state index in [1.54, 1.807) is 20.1 Å². The van der Waals surface area contributed by atoms with Crippen LogP contribution in [0.4, 0.5) is 0 Å². The van der Waals surface area contributed by atoms with Crippen LogP contribution in [-0.2, 0) is 45.4 Å². The van der Waals surface area contributed by atoms with E-state index in [1.165, 1.54) is 0 Å². The van der Waals surface area contributed by atoms with E-state index < -0.39 is 11.9 Å². The van der Waals surface area contributed by atoms with E-state index in [0.717, 1.165) is 5.76 Å². The number of nitrogens with zero attached hydrogens (tertiary/aromatic N) is 2. The Hall–Kier alpha value is -2.09. The number of methoxy groups -OCH3 is 1. The second-order valence-electron chi connectivity index (χ2n) is 3.93. The van der Waals surface area contributed by atoms with Crippen molar-refractivity contribution in [3.63, 3.8) is 0 Å². The normalized spacial score (nSPS) is 17.6. The van der Waals surface area contributed by atoms with E-state index in [4.69, 9.17) is 34.3 Å². The first kappa shape index (κ1) is 29.9. The first-order valence-corrected chi connectivity index (χ1v) is 6.23. The Morgan fingerprint density at radius 2 is 1.88 bits per heavy atom. The zero-order chi connectivity index (χ0) is 18.8. The maximum absolute atomic E-state index is 11.6. The van der Waals surface area contributed by atoms with Crippen molar-refractivity contribution in [2.45, 2.75) is 13.8 Å². The van der Waals surface area contributed by atoms with Crippen LogP contribution in [0.15, 0.2) is 24.0 Å². The summed E-state index contributed by atoms with van der Waals surface area (Å²) in [6.07, 6.45) is 5.54. The third-order valence-electron chi connectivity index (χ3n) is 2.82. The quantitative estimate of drug-likeness (QED) is 0.318. The molecule has 0 amide bonds. The van der Waals surface area contributed by atoms with Gasteiger partial charge in [-0.3, -0.25) is 4.79 Å². The number of rotatable bonds is 4. The Balaban J connectivity index is -0.000000256. The van der Waals surface area contributed by atoms with Crippen molar-refractivity contribution in [2.75, 3.05) is 13.7 Å². The van der Waals surface area contributed by atoms with E-state index in [-0.39, 0.29) is 28.9 Å². The van der Waals surface area contributed by atoms with Gasteiger partial charge in [0.2, 0.25) is 0 Å². The van der Waals surface area contributed by atoms with Crippen molar-refractivity contribution < 1.29 is 45.4 Å². The fourth-order valence-electron chi connectivity index (χ4n) is 1.89. The summed E-state index contributed by atoms with van der Waals surface area (Å²) in [6, 6.07) is 2.02. The molecule has 0 heterocycles. The number of hydrogen-bond acceptors (Lipinski definition) is 5. The summed E-state index contributed by atoms with van der Waals surface area (Å²) in [5.74, 6) is -0.530. The van der Waals surface area contributed by atoms with Crippen molar-refractivity contribution >= 4 is 5.97 Å². The zero-order valence-corrected chi connectivity index (χ0v) is 14.6. The van der Waals surface area contributed by atoms with Crippen molar-refractivity contribution in [2.24, 2.45) is 17.8 Å². The maximum Gasteiger partial charge on any atom is 0 e. The number of allylic oxidation sites excluding steroid dienone is 3. The minimum absolute atomic E-state index is 0.